The quantitative estimate of drug-likeness (QED) is 0.341. The molecule has 3 aromatic carbocycles. The van der Waals surface area contributed by atoms with E-state index >= 15 is 4.39 Å². The Kier molecular flexibility index (Phi) is 6.33. The second kappa shape index (κ2) is 9.17. The lowest BCUT2D eigenvalue weighted by Gasteiger charge is -2.19. The summed E-state index contributed by atoms with van der Waals surface area (Å²) in [4.78, 5) is 0. The fraction of sp³-hybridized carbons (Fsp3) is 0.240. The number of nitriles is 1. The van der Waals surface area contributed by atoms with Crippen molar-refractivity contribution in [2.24, 2.45) is 0 Å². The van der Waals surface area contributed by atoms with Gasteiger partial charge < -0.3 is 18.9 Å². The van der Waals surface area contributed by atoms with E-state index in [0.717, 1.165) is 11.1 Å². The van der Waals surface area contributed by atoms with E-state index in [-0.39, 0.29) is 28.5 Å². The van der Waals surface area contributed by atoms with Gasteiger partial charge in [0, 0.05) is 18.2 Å². The van der Waals surface area contributed by atoms with Gasteiger partial charge in [0.2, 0.25) is 0 Å². The lowest BCUT2D eigenvalue weighted by atomic mass is 9.88. The van der Waals surface area contributed by atoms with Crippen molar-refractivity contribution in [1.82, 2.24) is 0 Å². The molecule has 0 amide bonds. The van der Waals surface area contributed by atoms with Crippen molar-refractivity contribution in [3.8, 4) is 28.7 Å². The van der Waals surface area contributed by atoms with Gasteiger partial charge in [0.1, 0.15) is 18.0 Å². The minimum absolute atomic E-state index is 0.0110. The standard InChI is InChI=1S/C25H21ClFNO4/c1-29-10-11-31-20-9-8-16(14-28)22(24(20)27)19-12-18(13-21(30-2)23(19)26)25(15-32-25)17-6-4-3-5-7-17/h3-9,12-13H,10-11,15H2,1-2H3. The Morgan fingerprint density at radius 1 is 1.06 bits per heavy atom. The molecular weight excluding hydrogens is 433 g/mol. The van der Waals surface area contributed by atoms with Crippen molar-refractivity contribution in [2.45, 2.75) is 5.60 Å². The summed E-state index contributed by atoms with van der Waals surface area (Å²) >= 11 is 6.61. The number of epoxide rings is 1. The molecule has 0 N–H and O–H groups in total. The van der Waals surface area contributed by atoms with Gasteiger partial charge in [0.25, 0.3) is 0 Å². The van der Waals surface area contributed by atoms with Crippen LogP contribution in [0.25, 0.3) is 11.1 Å². The second-order valence-corrected chi connectivity index (χ2v) is 7.65. The van der Waals surface area contributed by atoms with Gasteiger partial charge in [0.15, 0.2) is 11.6 Å². The monoisotopic (exact) mass is 453 g/mol. The van der Waals surface area contributed by atoms with Crippen LogP contribution in [0.3, 0.4) is 0 Å². The van der Waals surface area contributed by atoms with Crippen LogP contribution in [0.5, 0.6) is 11.5 Å². The average molecular weight is 454 g/mol. The molecule has 0 aromatic heterocycles. The van der Waals surface area contributed by atoms with E-state index in [2.05, 4.69) is 0 Å². The highest BCUT2D eigenvalue weighted by Gasteiger charge is 2.49. The molecule has 1 aliphatic rings. The number of hydrogen-bond acceptors (Lipinski definition) is 5. The number of benzene rings is 3. The maximum absolute atomic E-state index is 15.6. The normalized spacial score (nSPS) is 17.0. The molecule has 1 atom stereocenters. The highest BCUT2D eigenvalue weighted by atomic mass is 35.5. The summed E-state index contributed by atoms with van der Waals surface area (Å²) in [5.41, 5.74) is 1.56. The maximum Gasteiger partial charge on any atom is 0.174 e. The zero-order chi connectivity index (χ0) is 22.7. The van der Waals surface area contributed by atoms with Gasteiger partial charge in [-0.15, -0.1) is 0 Å². The minimum atomic E-state index is -0.677. The van der Waals surface area contributed by atoms with E-state index in [1.54, 1.807) is 12.1 Å². The van der Waals surface area contributed by atoms with Crippen LogP contribution in [-0.2, 0) is 15.1 Å². The lowest BCUT2D eigenvalue weighted by Crippen LogP contribution is -2.12. The van der Waals surface area contributed by atoms with Crippen molar-refractivity contribution < 1.29 is 23.3 Å². The summed E-state index contributed by atoms with van der Waals surface area (Å²) in [5.74, 6) is -0.303. The molecule has 1 aliphatic heterocycles. The van der Waals surface area contributed by atoms with Crippen LogP contribution in [0.2, 0.25) is 5.02 Å². The first-order valence-electron chi connectivity index (χ1n) is 9.98. The lowest BCUT2D eigenvalue weighted by molar-refractivity contribution is 0.144. The molecular formula is C25H21ClFNO4. The van der Waals surface area contributed by atoms with Crippen LogP contribution in [-0.4, -0.2) is 34.0 Å². The summed E-state index contributed by atoms with van der Waals surface area (Å²) in [6.45, 7) is 0.936. The topological polar surface area (TPSA) is 64.0 Å². The number of halogens is 2. The van der Waals surface area contributed by atoms with Crippen molar-refractivity contribution in [3.05, 3.63) is 82.1 Å². The molecule has 1 fully saturated rings. The largest absolute Gasteiger partial charge is 0.495 e. The molecule has 1 unspecified atom stereocenters. The predicted molar refractivity (Wildman–Crippen MR) is 119 cm³/mol. The van der Waals surface area contributed by atoms with Crippen LogP contribution in [0, 0.1) is 17.1 Å². The smallest absolute Gasteiger partial charge is 0.174 e. The van der Waals surface area contributed by atoms with Gasteiger partial charge in [0.05, 0.1) is 37.0 Å². The Morgan fingerprint density at radius 3 is 2.44 bits per heavy atom. The first-order valence-corrected chi connectivity index (χ1v) is 10.4. The Morgan fingerprint density at radius 2 is 1.81 bits per heavy atom. The molecule has 0 aliphatic carbocycles. The molecule has 0 bridgehead atoms. The molecule has 164 valence electrons. The summed E-state index contributed by atoms with van der Waals surface area (Å²) < 4.78 is 37.4. The fourth-order valence-corrected chi connectivity index (χ4v) is 3.98. The highest BCUT2D eigenvalue weighted by Crippen LogP contribution is 2.50. The third kappa shape index (κ3) is 3.91. The number of rotatable bonds is 8. The van der Waals surface area contributed by atoms with E-state index in [1.165, 1.54) is 26.4 Å². The number of nitrogens with zero attached hydrogens (tertiary/aromatic N) is 1. The molecule has 1 saturated heterocycles. The van der Waals surface area contributed by atoms with E-state index in [9.17, 15) is 5.26 Å². The molecule has 7 heteroatoms. The number of ether oxygens (including phenoxy) is 4. The first kappa shape index (κ1) is 22.1. The summed E-state index contributed by atoms with van der Waals surface area (Å²) in [5, 5.41) is 9.87. The second-order valence-electron chi connectivity index (χ2n) is 7.28. The molecule has 3 aromatic rings. The molecule has 4 rings (SSSR count). The van der Waals surface area contributed by atoms with Gasteiger partial charge in [-0.1, -0.05) is 41.9 Å². The molecule has 1 heterocycles. The molecule has 0 saturated carbocycles. The summed E-state index contributed by atoms with van der Waals surface area (Å²) in [6.07, 6.45) is 0. The minimum Gasteiger partial charge on any atom is -0.495 e. The zero-order valence-corrected chi connectivity index (χ0v) is 18.4. The van der Waals surface area contributed by atoms with Crippen molar-refractivity contribution in [2.75, 3.05) is 34.0 Å². The van der Waals surface area contributed by atoms with E-state index in [0.29, 0.717) is 24.5 Å². The zero-order valence-electron chi connectivity index (χ0n) is 17.7. The Balaban J connectivity index is 1.89. The Labute approximate surface area is 190 Å². The third-order valence-electron chi connectivity index (χ3n) is 5.44. The average Bonchev–Trinajstić information content (AvgIpc) is 3.63. The van der Waals surface area contributed by atoms with Crippen LogP contribution in [0.4, 0.5) is 4.39 Å². The summed E-state index contributed by atoms with van der Waals surface area (Å²) in [7, 11) is 3.02. The maximum atomic E-state index is 15.6. The van der Waals surface area contributed by atoms with Gasteiger partial charge in [-0.05, 0) is 35.4 Å². The Bertz CT molecular complexity index is 1170. The van der Waals surface area contributed by atoms with Crippen LogP contribution < -0.4 is 9.47 Å². The molecule has 5 nitrogen and oxygen atoms in total. The van der Waals surface area contributed by atoms with Crippen LogP contribution >= 0.6 is 11.6 Å². The van der Waals surface area contributed by atoms with Gasteiger partial charge in [-0.3, -0.25) is 0 Å². The molecule has 0 spiro atoms. The van der Waals surface area contributed by atoms with Crippen molar-refractivity contribution in [1.29, 1.82) is 5.26 Å². The first-order chi connectivity index (χ1) is 15.6. The highest BCUT2D eigenvalue weighted by molar-refractivity contribution is 6.35. The fourth-order valence-electron chi connectivity index (χ4n) is 3.70. The Hall–Kier alpha value is -3.11. The molecule has 32 heavy (non-hydrogen) atoms. The van der Waals surface area contributed by atoms with E-state index in [4.69, 9.17) is 30.5 Å². The summed E-state index contributed by atoms with van der Waals surface area (Å²) in [6, 6.07) is 18.3. The number of methoxy groups -OCH3 is 2. The van der Waals surface area contributed by atoms with E-state index < -0.39 is 11.4 Å². The van der Waals surface area contributed by atoms with Crippen molar-refractivity contribution >= 4 is 11.6 Å². The third-order valence-corrected chi connectivity index (χ3v) is 5.83. The van der Waals surface area contributed by atoms with Gasteiger partial charge in [-0.2, -0.15) is 5.26 Å². The van der Waals surface area contributed by atoms with Gasteiger partial charge >= 0.3 is 0 Å². The van der Waals surface area contributed by atoms with Gasteiger partial charge in [-0.25, -0.2) is 4.39 Å². The number of hydrogen-bond donors (Lipinski definition) is 0. The molecule has 0 radical (unpaired) electrons. The predicted octanol–water partition coefficient (Wildman–Crippen LogP) is 5.33. The van der Waals surface area contributed by atoms with Crippen LogP contribution in [0.1, 0.15) is 16.7 Å². The van der Waals surface area contributed by atoms with E-state index in [1.807, 2.05) is 36.4 Å². The van der Waals surface area contributed by atoms with Crippen LogP contribution in [0.15, 0.2) is 54.6 Å². The SMILES string of the molecule is COCCOc1ccc(C#N)c(-c2cc(C3(c4ccccc4)CO3)cc(OC)c2Cl)c1F. The van der Waals surface area contributed by atoms with Crippen molar-refractivity contribution in [3.63, 3.8) is 0 Å².